The van der Waals surface area contributed by atoms with Crippen LogP contribution in [0.5, 0.6) is 0 Å². The molecule has 14 aromatic heterocycles. The normalized spacial score (nSPS) is 13.1. The van der Waals surface area contributed by atoms with Gasteiger partial charge in [-0.1, -0.05) is 36.4 Å². The lowest BCUT2D eigenvalue weighted by Crippen LogP contribution is -2.40. The average Bonchev–Trinajstić information content (AvgIpc) is 1.62. The van der Waals surface area contributed by atoms with Crippen LogP contribution in [0.2, 0.25) is 0 Å². The molecule has 16 aromatic rings. The number of benzene rings is 2. The molecule has 0 aliphatic rings. The summed E-state index contributed by atoms with van der Waals surface area (Å²) in [5.41, 5.74) is 27.8. The van der Waals surface area contributed by atoms with Crippen molar-refractivity contribution >= 4 is 23.1 Å². The molecule has 18 heteroatoms. The highest BCUT2D eigenvalue weighted by atomic mass is 15.2. The zero-order chi connectivity index (χ0) is 81.0. The molecule has 0 spiro atoms. The van der Waals surface area contributed by atoms with Gasteiger partial charge >= 0.3 is 0 Å². The van der Waals surface area contributed by atoms with Gasteiger partial charge in [-0.25, -0.2) is 19.9 Å². The maximum atomic E-state index is 7.96. The van der Waals surface area contributed by atoms with E-state index in [4.69, 9.17) is 12.3 Å². The van der Waals surface area contributed by atoms with Crippen LogP contribution in [0.3, 0.4) is 0 Å². The molecule has 0 radical (unpaired) electrons. The second-order valence-corrected chi connectivity index (χ2v) is 27.4. The number of nitrogens with zero attached hydrogens (tertiary/aromatic N) is 18. The van der Waals surface area contributed by atoms with E-state index in [0.29, 0.717) is 34.1 Å². The van der Waals surface area contributed by atoms with E-state index >= 15 is 0 Å². The predicted molar refractivity (Wildman–Crippen MR) is 409 cm³/mol. The van der Waals surface area contributed by atoms with Crippen LogP contribution in [0.15, 0.2) is 177 Å². The fourth-order valence-electron chi connectivity index (χ4n) is 14.8. The summed E-state index contributed by atoms with van der Waals surface area (Å²) in [6.45, 7) is 13.2. The summed E-state index contributed by atoms with van der Waals surface area (Å²) >= 11 is 0. The van der Waals surface area contributed by atoms with Gasteiger partial charge < -0.3 is 18.3 Å². The first-order valence-electron chi connectivity index (χ1n) is 39.0. The van der Waals surface area contributed by atoms with Crippen molar-refractivity contribution in [1.29, 1.82) is 0 Å². The van der Waals surface area contributed by atoms with E-state index in [0.717, 1.165) is 85.4 Å². The number of hydrogen-bond donors (Lipinski definition) is 0. The second-order valence-electron chi connectivity index (χ2n) is 27.4. The maximum absolute atomic E-state index is 7.96. The lowest BCUT2D eigenvalue weighted by molar-refractivity contribution is -0.685. The molecule has 103 heavy (non-hydrogen) atoms. The summed E-state index contributed by atoms with van der Waals surface area (Å²) in [6.07, 6.45) is 15.8. The molecular weight excluding hydrogens is 1270 g/mol. The largest absolute Gasteiger partial charge is 0.308 e. The highest BCUT2D eigenvalue weighted by molar-refractivity contribution is 5.69. The van der Waals surface area contributed by atoms with E-state index in [-0.39, 0.29) is 11.4 Å². The molecular formula is C85H98N18+6. The first-order chi connectivity index (χ1) is 52.8. The van der Waals surface area contributed by atoms with Gasteiger partial charge in [0.15, 0.2) is 12.4 Å². The Bertz CT molecular complexity index is 6370. The van der Waals surface area contributed by atoms with Crippen LogP contribution in [0.25, 0.3) is 114 Å². The highest BCUT2D eigenvalue weighted by Crippen LogP contribution is 2.32. The number of fused-ring (bicyclic) bond motifs is 4. The molecule has 0 atom stereocenters. The molecule has 18 nitrogen and oxygen atoms in total. The van der Waals surface area contributed by atoms with Gasteiger partial charge in [-0.05, 0) is 148 Å². The van der Waals surface area contributed by atoms with E-state index in [2.05, 4.69) is 260 Å². The zero-order valence-electron chi connectivity index (χ0n) is 71.8. The van der Waals surface area contributed by atoms with Gasteiger partial charge in [-0.15, -0.1) is 0 Å². The predicted octanol–water partition coefficient (Wildman–Crippen LogP) is 13.0. The Hall–Kier alpha value is -11.7. The third kappa shape index (κ3) is 12.3. The van der Waals surface area contributed by atoms with Gasteiger partial charge in [0.1, 0.15) is 65.1 Å². The molecule has 0 N–H and O–H groups in total. The third-order valence-electron chi connectivity index (χ3n) is 20.4. The third-order valence-corrected chi connectivity index (χ3v) is 20.4. The Balaban J connectivity index is 0.000000132. The molecule has 2 aromatic carbocycles. The summed E-state index contributed by atoms with van der Waals surface area (Å²) in [5, 5.41) is 0. The van der Waals surface area contributed by atoms with Crippen molar-refractivity contribution in [3.05, 3.63) is 250 Å². The van der Waals surface area contributed by atoms with Crippen LogP contribution in [-0.2, 0) is 70.5 Å². The molecule has 0 aliphatic heterocycles. The summed E-state index contributed by atoms with van der Waals surface area (Å²) < 4.78 is 99.6. The van der Waals surface area contributed by atoms with Gasteiger partial charge in [0.2, 0.25) is 57.3 Å². The van der Waals surface area contributed by atoms with Crippen LogP contribution in [-0.4, -0.2) is 55.8 Å². The van der Waals surface area contributed by atoms with Crippen molar-refractivity contribution in [2.45, 2.75) is 89.8 Å². The maximum Gasteiger partial charge on any atom is 0.277 e. The topological polar surface area (TPSA) is 112 Å². The Morgan fingerprint density at radius 3 is 1.33 bits per heavy atom. The molecule has 0 saturated heterocycles. The van der Waals surface area contributed by atoms with Gasteiger partial charge in [0.05, 0.1) is 22.8 Å². The van der Waals surface area contributed by atoms with Crippen molar-refractivity contribution in [3.63, 3.8) is 0 Å². The summed E-state index contributed by atoms with van der Waals surface area (Å²) in [4.78, 5) is 17.8. The lowest BCUT2D eigenvalue weighted by Gasteiger charge is -2.09. The Morgan fingerprint density at radius 2 is 0.796 bits per heavy atom. The van der Waals surface area contributed by atoms with E-state index in [1.807, 2.05) is 127 Å². The molecule has 0 bridgehead atoms. The van der Waals surface area contributed by atoms with E-state index < -0.39 is 20.6 Å². The lowest BCUT2D eigenvalue weighted by atomic mass is 10.0. The molecule has 0 unspecified atom stereocenters. The van der Waals surface area contributed by atoms with Crippen molar-refractivity contribution in [2.24, 2.45) is 70.5 Å². The smallest absolute Gasteiger partial charge is 0.277 e. The van der Waals surface area contributed by atoms with Gasteiger partial charge in [-0.3, -0.25) is 17.6 Å². The van der Waals surface area contributed by atoms with Crippen molar-refractivity contribution in [1.82, 2.24) is 55.8 Å². The quantitative estimate of drug-likeness (QED) is 0.141. The van der Waals surface area contributed by atoms with Gasteiger partial charge in [-0.2, -0.15) is 27.4 Å². The Kier molecular flexibility index (Phi) is 15.7. The standard InChI is InChI=1S/C24H31N5.C22H27N5.C20H21N4.C19H19N4/c1-14-10-21(20-12-15(2)16(3)13-26(20)7)27(8)22(11-14)23-19(6)29-18(5)17(4)25-24(29)28(23)9;1-14-11-12-18(24(5)13-14)19-9-8-10-20(25(19)6)21-17(4)27-16(3)15(2)23-22(27)26(21)7;1-14-11-17(16-8-6-5-7-15(16)2)22(3)18(12-14)19-13-24-10-9-21-20(24)23(19)4;1-14-7-4-5-8-15(14)16-9-6-10-17(21(16)2)18-13-23-12-11-20-19(23)22(18)3/h10-13H,1-9H3;8-13H,1-7H3;5-13H,1-4H3;4-13H,1-3H3/q2*+2;2*+1/i2D3,4D3;2D3;;. The van der Waals surface area contributed by atoms with Crippen LogP contribution in [0.1, 0.15) is 85.4 Å². The molecule has 16 rings (SSSR count). The first-order valence-corrected chi connectivity index (χ1v) is 34.5. The number of aryl methyl sites for hydroxylation is 19. The number of pyridine rings is 6. The van der Waals surface area contributed by atoms with Crippen molar-refractivity contribution in [2.75, 3.05) is 0 Å². The average molecular weight is 1380 g/mol. The highest BCUT2D eigenvalue weighted by Gasteiger charge is 2.32. The summed E-state index contributed by atoms with van der Waals surface area (Å²) in [6, 6.07) is 44.3. The fourth-order valence-corrected chi connectivity index (χ4v) is 14.8. The SMILES string of the molecule is Cc1cc(-c2ccccc2C)[n+](C)c(-c2cn3ccnc3n2C)c1.Cc1ccccc1-c1cccc(-c2cn3ccnc3n2C)[n+]1C.[2H]C([2H])([2H])c1cc(-c2cc(C)cc(-c3c(C)n4c(C)c(C([2H])([2H])[2H])nc4n3C)[n+]2C)[n+](C)cc1C.[2H]C([2H])([2H])c1nc2n(C)c(-c3cccc(-c4ccc(C)c[n+]4C)[n+]3C)c(C)n2c1C. The van der Waals surface area contributed by atoms with E-state index in [1.54, 1.807) is 13.0 Å². The van der Waals surface area contributed by atoms with E-state index in [1.165, 1.54) is 56.2 Å². The monoisotopic (exact) mass is 1380 g/mol. The van der Waals surface area contributed by atoms with E-state index in [9.17, 15) is 0 Å². The minimum Gasteiger partial charge on any atom is -0.308 e. The zero-order valence-corrected chi connectivity index (χ0v) is 62.8. The minimum absolute atomic E-state index is 0.107. The molecule has 0 fully saturated rings. The van der Waals surface area contributed by atoms with Crippen LogP contribution < -0.4 is 27.4 Å². The molecule has 0 saturated carbocycles. The minimum atomic E-state index is -2.29. The number of imidazole rings is 8. The van der Waals surface area contributed by atoms with Crippen molar-refractivity contribution < 1.29 is 39.7 Å². The van der Waals surface area contributed by atoms with Crippen LogP contribution >= 0.6 is 0 Å². The Labute approximate surface area is 617 Å². The van der Waals surface area contributed by atoms with Crippen LogP contribution in [0, 0.1) is 89.8 Å². The summed E-state index contributed by atoms with van der Waals surface area (Å²) in [7, 11) is 20.2. The molecule has 14 heterocycles. The molecule has 0 amide bonds. The number of hydrogen-bond acceptors (Lipinski definition) is 4. The number of aromatic nitrogens is 18. The number of rotatable bonds is 8. The van der Waals surface area contributed by atoms with Gasteiger partial charge in [0.25, 0.3) is 22.8 Å². The molecule has 0 aliphatic carbocycles. The second kappa shape index (κ2) is 27.4. The van der Waals surface area contributed by atoms with Crippen LogP contribution in [0.4, 0.5) is 0 Å². The van der Waals surface area contributed by atoms with Gasteiger partial charge in [0, 0.05) is 172 Å². The fraction of sp³-hybridized carbons (Fsp3) is 0.271. The summed E-state index contributed by atoms with van der Waals surface area (Å²) in [5.74, 6) is 3.09. The Morgan fingerprint density at radius 1 is 0.340 bits per heavy atom. The first kappa shape index (κ1) is 59.1. The molecule has 522 valence electrons. The van der Waals surface area contributed by atoms with Crippen molar-refractivity contribution in [3.8, 4) is 90.8 Å².